The maximum absolute atomic E-state index is 5.87. The minimum absolute atomic E-state index is 0.473. The molecule has 0 radical (unpaired) electrons. The van der Waals surface area contributed by atoms with E-state index in [4.69, 9.17) is 17.3 Å². The first-order valence-electron chi connectivity index (χ1n) is 4.38. The molecule has 1 aromatic rings. The Balaban J connectivity index is 2.19. The molecule has 1 heterocycles. The number of nitrogens with zero attached hydrogens (tertiary/aromatic N) is 1. The lowest BCUT2D eigenvalue weighted by Crippen LogP contribution is -2.51. The smallest absolute Gasteiger partial charge is 0.102 e. The number of hydrogen-bond donors (Lipinski definition) is 2. The van der Waals surface area contributed by atoms with Crippen LogP contribution < -0.4 is 16.2 Å². The zero-order chi connectivity index (χ0) is 10.2. The van der Waals surface area contributed by atoms with Gasteiger partial charge in [-0.25, -0.2) is 5.43 Å². The van der Waals surface area contributed by atoms with Gasteiger partial charge in [-0.15, -0.1) is 0 Å². The molecule has 1 unspecified atom stereocenters. The standard InChI is InChI=1S/C10H12ClN3/c1-10(12)6-7-14(13-10)9-4-2-8(11)3-5-9/h2-7,13H,12H2,1H3. The average Bonchev–Trinajstić information content (AvgIpc) is 2.47. The topological polar surface area (TPSA) is 41.3 Å². The molecule has 1 atom stereocenters. The highest BCUT2D eigenvalue weighted by Crippen LogP contribution is 2.20. The van der Waals surface area contributed by atoms with Crippen LogP contribution in [-0.2, 0) is 0 Å². The van der Waals surface area contributed by atoms with Crippen LogP contribution in [0, 0.1) is 0 Å². The van der Waals surface area contributed by atoms with Gasteiger partial charge < -0.3 is 5.73 Å². The van der Waals surface area contributed by atoms with Crippen molar-refractivity contribution in [1.29, 1.82) is 0 Å². The van der Waals surface area contributed by atoms with Crippen LogP contribution in [0.1, 0.15) is 6.92 Å². The summed E-state index contributed by atoms with van der Waals surface area (Å²) >= 11 is 5.79. The van der Waals surface area contributed by atoms with Gasteiger partial charge in [0.1, 0.15) is 5.66 Å². The van der Waals surface area contributed by atoms with Gasteiger partial charge in [-0.2, -0.15) is 0 Å². The van der Waals surface area contributed by atoms with Gasteiger partial charge in [-0.3, -0.25) is 5.01 Å². The van der Waals surface area contributed by atoms with E-state index in [-0.39, 0.29) is 0 Å². The third kappa shape index (κ3) is 1.90. The quantitative estimate of drug-likeness (QED) is 0.742. The summed E-state index contributed by atoms with van der Waals surface area (Å²) in [5, 5.41) is 2.60. The van der Waals surface area contributed by atoms with Gasteiger partial charge >= 0.3 is 0 Å². The normalized spacial score (nSPS) is 25.8. The van der Waals surface area contributed by atoms with E-state index < -0.39 is 5.66 Å². The van der Waals surface area contributed by atoms with Crippen LogP contribution in [0.4, 0.5) is 5.69 Å². The van der Waals surface area contributed by atoms with Crippen LogP contribution >= 0.6 is 11.6 Å². The SMILES string of the molecule is CC1(N)C=CN(c2ccc(Cl)cc2)N1. The first-order chi connectivity index (χ1) is 6.57. The maximum Gasteiger partial charge on any atom is 0.102 e. The van der Waals surface area contributed by atoms with Gasteiger partial charge in [0.05, 0.1) is 5.69 Å². The number of rotatable bonds is 1. The molecule has 1 aliphatic rings. The van der Waals surface area contributed by atoms with Crippen molar-refractivity contribution in [2.45, 2.75) is 12.6 Å². The van der Waals surface area contributed by atoms with E-state index in [1.54, 1.807) is 0 Å². The molecule has 14 heavy (non-hydrogen) atoms. The second-order valence-corrected chi connectivity index (χ2v) is 3.99. The second-order valence-electron chi connectivity index (χ2n) is 3.56. The summed E-state index contributed by atoms with van der Waals surface area (Å²) in [6.45, 7) is 1.90. The summed E-state index contributed by atoms with van der Waals surface area (Å²) < 4.78 is 0. The number of hydrazine groups is 1. The molecule has 0 saturated carbocycles. The Hall–Kier alpha value is -1.03. The lowest BCUT2D eigenvalue weighted by Gasteiger charge is -2.23. The molecule has 4 heteroatoms. The summed E-state index contributed by atoms with van der Waals surface area (Å²) in [5.74, 6) is 0. The predicted molar refractivity (Wildman–Crippen MR) is 58.8 cm³/mol. The molecular weight excluding hydrogens is 198 g/mol. The summed E-state index contributed by atoms with van der Waals surface area (Å²) in [6, 6.07) is 7.55. The summed E-state index contributed by atoms with van der Waals surface area (Å²) in [6.07, 6.45) is 3.81. The van der Waals surface area contributed by atoms with E-state index in [2.05, 4.69) is 5.43 Å². The van der Waals surface area contributed by atoms with Crippen molar-refractivity contribution >= 4 is 17.3 Å². The zero-order valence-electron chi connectivity index (χ0n) is 7.87. The van der Waals surface area contributed by atoms with E-state index in [0.29, 0.717) is 0 Å². The Bertz CT molecular complexity index is 356. The molecule has 3 N–H and O–H groups in total. The lowest BCUT2D eigenvalue weighted by molar-refractivity contribution is 0.487. The zero-order valence-corrected chi connectivity index (χ0v) is 8.62. The number of anilines is 1. The fraction of sp³-hybridized carbons (Fsp3) is 0.200. The average molecular weight is 210 g/mol. The number of hydrogen-bond acceptors (Lipinski definition) is 3. The monoisotopic (exact) mass is 209 g/mol. The summed E-state index contributed by atoms with van der Waals surface area (Å²) in [5.41, 5.74) is 9.53. The maximum atomic E-state index is 5.87. The van der Waals surface area contributed by atoms with Gasteiger partial charge in [0, 0.05) is 11.2 Å². The highest BCUT2D eigenvalue weighted by molar-refractivity contribution is 6.30. The summed E-state index contributed by atoms with van der Waals surface area (Å²) in [7, 11) is 0. The van der Waals surface area contributed by atoms with E-state index in [1.807, 2.05) is 48.5 Å². The largest absolute Gasteiger partial charge is 0.309 e. The molecule has 0 spiro atoms. The van der Waals surface area contributed by atoms with Crippen LogP contribution in [0.25, 0.3) is 0 Å². The van der Waals surface area contributed by atoms with E-state index in [0.717, 1.165) is 10.7 Å². The van der Waals surface area contributed by atoms with Crippen LogP contribution in [0.5, 0.6) is 0 Å². The molecule has 0 fully saturated rings. The summed E-state index contributed by atoms with van der Waals surface area (Å²) in [4.78, 5) is 0. The Morgan fingerprint density at radius 1 is 1.36 bits per heavy atom. The van der Waals surface area contributed by atoms with E-state index in [9.17, 15) is 0 Å². The van der Waals surface area contributed by atoms with Crippen LogP contribution in [0.15, 0.2) is 36.5 Å². The molecule has 1 aromatic carbocycles. The Kier molecular flexibility index (Phi) is 2.23. The number of nitrogens with one attached hydrogen (secondary N) is 1. The highest BCUT2D eigenvalue weighted by Gasteiger charge is 2.23. The van der Waals surface area contributed by atoms with Gasteiger partial charge in [0.2, 0.25) is 0 Å². The van der Waals surface area contributed by atoms with Crippen LogP contribution in [0.3, 0.4) is 0 Å². The third-order valence-corrected chi connectivity index (χ3v) is 2.29. The van der Waals surface area contributed by atoms with Gasteiger partial charge in [-0.1, -0.05) is 11.6 Å². The highest BCUT2D eigenvalue weighted by atomic mass is 35.5. The number of benzene rings is 1. The number of halogens is 1. The Labute approximate surface area is 88.1 Å². The van der Waals surface area contributed by atoms with Gasteiger partial charge in [0.15, 0.2) is 0 Å². The first-order valence-corrected chi connectivity index (χ1v) is 4.75. The van der Waals surface area contributed by atoms with E-state index >= 15 is 0 Å². The molecule has 1 aliphatic heterocycles. The first kappa shape index (κ1) is 9.52. The Morgan fingerprint density at radius 2 is 2.00 bits per heavy atom. The fourth-order valence-corrected chi connectivity index (χ4v) is 1.44. The van der Waals surface area contributed by atoms with Crippen molar-refractivity contribution in [1.82, 2.24) is 5.43 Å². The molecule has 0 aromatic heterocycles. The molecule has 0 aliphatic carbocycles. The van der Waals surface area contributed by atoms with Crippen LogP contribution in [0.2, 0.25) is 5.02 Å². The van der Waals surface area contributed by atoms with E-state index in [1.165, 1.54) is 0 Å². The molecule has 0 saturated heterocycles. The minimum Gasteiger partial charge on any atom is -0.309 e. The predicted octanol–water partition coefficient (Wildman–Crippen LogP) is 1.85. The Morgan fingerprint density at radius 3 is 2.50 bits per heavy atom. The van der Waals surface area contributed by atoms with Crippen LogP contribution in [-0.4, -0.2) is 5.66 Å². The van der Waals surface area contributed by atoms with Gasteiger partial charge in [0.25, 0.3) is 0 Å². The molecule has 3 nitrogen and oxygen atoms in total. The van der Waals surface area contributed by atoms with Gasteiger partial charge in [-0.05, 0) is 37.3 Å². The van der Waals surface area contributed by atoms with Crippen molar-refractivity contribution in [3.63, 3.8) is 0 Å². The minimum atomic E-state index is -0.473. The van der Waals surface area contributed by atoms with Crippen molar-refractivity contribution in [3.8, 4) is 0 Å². The van der Waals surface area contributed by atoms with Crippen molar-refractivity contribution in [2.75, 3.05) is 5.01 Å². The molecular formula is C10H12ClN3. The van der Waals surface area contributed by atoms with Crippen molar-refractivity contribution in [2.24, 2.45) is 5.73 Å². The molecule has 0 bridgehead atoms. The molecule has 2 rings (SSSR count). The number of nitrogens with two attached hydrogens (primary N) is 1. The molecule has 74 valence electrons. The second kappa shape index (κ2) is 3.28. The van der Waals surface area contributed by atoms with Crippen molar-refractivity contribution in [3.05, 3.63) is 41.6 Å². The fourth-order valence-electron chi connectivity index (χ4n) is 1.32. The third-order valence-electron chi connectivity index (χ3n) is 2.04. The van der Waals surface area contributed by atoms with Crippen molar-refractivity contribution < 1.29 is 0 Å². The lowest BCUT2D eigenvalue weighted by atomic mass is 10.2. The molecule has 0 amide bonds.